The number of nitrogens with zero attached hydrogens (tertiary/aromatic N) is 1. The van der Waals surface area contributed by atoms with Crippen molar-refractivity contribution in [2.45, 2.75) is 39.7 Å². The second kappa shape index (κ2) is 9.29. The third kappa shape index (κ3) is 4.16. The van der Waals surface area contributed by atoms with Crippen molar-refractivity contribution in [2.24, 2.45) is 0 Å². The number of anilines is 1. The maximum Gasteiger partial charge on any atom is 0.300 e. The van der Waals surface area contributed by atoms with Crippen LogP contribution < -0.4 is 9.64 Å². The number of aromatic hydroxyl groups is 1. The molecule has 3 aromatic carbocycles. The first-order valence-electron chi connectivity index (χ1n) is 11.5. The second-order valence-corrected chi connectivity index (χ2v) is 9.11. The standard InChI is InChI=1S/C29H29NO5/c1-16(2)21-15-22(18(4)13-24(21)35-5)27(32)25-26(19-10-8-11-20(31)14-19)30(29(34)28(25)33)23-12-7-6-9-17(23)3/h6-16,26,31-32H,1-5H3/b27-25+. The Labute approximate surface area is 205 Å². The molecule has 1 aliphatic heterocycles. The van der Waals surface area contributed by atoms with Gasteiger partial charge in [0.15, 0.2) is 0 Å². The fraction of sp³-hybridized carbons (Fsp3) is 0.241. The summed E-state index contributed by atoms with van der Waals surface area (Å²) in [4.78, 5) is 28.2. The van der Waals surface area contributed by atoms with Gasteiger partial charge < -0.3 is 14.9 Å². The minimum atomic E-state index is -0.910. The van der Waals surface area contributed by atoms with Crippen molar-refractivity contribution in [1.82, 2.24) is 0 Å². The third-order valence-electron chi connectivity index (χ3n) is 6.46. The Morgan fingerprint density at radius 2 is 1.69 bits per heavy atom. The predicted molar refractivity (Wildman–Crippen MR) is 136 cm³/mol. The number of hydrogen-bond donors (Lipinski definition) is 2. The summed E-state index contributed by atoms with van der Waals surface area (Å²) < 4.78 is 5.52. The minimum Gasteiger partial charge on any atom is -0.508 e. The van der Waals surface area contributed by atoms with Gasteiger partial charge in [0.05, 0.1) is 18.7 Å². The number of aliphatic hydroxyl groups is 1. The summed E-state index contributed by atoms with van der Waals surface area (Å²) in [7, 11) is 1.59. The Balaban J connectivity index is 2.01. The number of aryl methyl sites for hydroxylation is 2. The number of Topliss-reactive ketones (excluding diaryl/α,β-unsaturated/α-hetero) is 1. The first kappa shape index (κ1) is 24.1. The average Bonchev–Trinajstić information content (AvgIpc) is 3.09. The molecule has 1 aliphatic rings. The quantitative estimate of drug-likeness (QED) is 0.280. The molecule has 0 bridgehead atoms. The zero-order valence-electron chi connectivity index (χ0n) is 20.5. The molecule has 1 saturated heterocycles. The Morgan fingerprint density at radius 1 is 0.971 bits per heavy atom. The highest BCUT2D eigenvalue weighted by molar-refractivity contribution is 6.51. The van der Waals surface area contributed by atoms with Crippen LogP contribution in [0.3, 0.4) is 0 Å². The van der Waals surface area contributed by atoms with Crippen molar-refractivity contribution < 1.29 is 24.5 Å². The molecule has 6 heteroatoms. The van der Waals surface area contributed by atoms with Gasteiger partial charge in [-0.05, 0) is 72.4 Å². The fourth-order valence-electron chi connectivity index (χ4n) is 4.65. The van der Waals surface area contributed by atoms with Crippen LogP contribution >= 0.6 is 0 Å². The van der Waals surface area contributed by atoms with Gasteiger partial charge in [-0.1, -0.05) is 44.2 Å². The number of carbonyl (C=O) groups excluding carboxylic acids is 2. The Kier molecular flexibility index (Phi) is 6.39. The number of hydrogen-bond acceptors (Lipinski definition) is 5. The van der Waals surface area contributed by atoms with Crippen molar-refractivity contribution in [3.05, 3.63) is 94.1 Å². The number of phenols is 1. The SMILES string of the molecule is COc1cc(C)c(/C(O)=C2\C(=O)C(=O)N(c3ccccc3C)C2c2cccc(O)c2)cc1C(C)C. The van der Waals surface area contributed by atoms with Crippen LogP contribution in [0.15, 0.2) is 66.2 Å². The molecule has 0 saturated carbocycles. The number of ketones is 1. The lowest BCUT2D eigenvalue weighted by Crippen LogP contribution is -2.30. The smallest absolute Gasteiger partial charge is 0.300 e. The Hall–Kier alpha value is -4.06. The molecule has 1 amide bonds. The van der Waals surface area contributed by atoms with E-state index >= 15 is 0 Å². The van der Waals surface area contributed by atoms with E-state index in [9.17, 15) is 19.8 Å². The lowest BCUT2D eigenvalue weighted by Gasteiger charge is -2.27. The number of carbonyl (C=O) groups is 2. The molecular weight excluding hydrogens is 442 g/mol. The summed E-state index contributed by atoms with van der Waals surface area (Å²) in [6.07, 6.45) is 0. The van der Waals surface area contributed by atoms with Gasteiger partial charge in [-0.25, -0.2) is 0 Å². The highest BCUT2D eigenvalue weighted by Gasteiger charge is 2.47. The normalized spacial score (nSPS) is 17.3. The summed E-state index contributed by atoms with van der Waals surface area (Å²) in [5.41, 5.74) is 3.92. The van der Waals surface area contributed by atoms with Crippen LogP contribution in [0.5, 0.6) is 11.5 Å². The molecule has 1 unspecified atom stereocenters. The van der Waals surface area contributed by atoms with E-state index in [1.807, 2.05) is 52.0 Å². The molecule has 1 atom stereocenters. The van der Waals surface area contributed by atoms with E-state index in [1.165, 1.54) is 17.0 Å². The van der Waals surface area contributed by atoms with Gasteiger partial charge >= 0.3 is 0 Å². The molecule has 0 spiro atoms. The topological polar surface area (TPSA) is 87.1 Å². The molecule has 0 aromatic heterocycles. The van der Waals surface area contributed by atoms with Gasteiger partial charge in [0.1, 0.15) is 17.3 Å². The summed E-state index contributed by atoms with van der Waals surface area (Å²) in [5, 5.41) is 21.7. The number of benzene rings is 3. The lowest BCUT2D eigenvalue weighted by atomic mass is 9.91. The molecule has 0 radical (unpaired) electrons. The van der Waals surface area contributed by atoms with Crippen LogP contribution in [0, 0.1) is 13.8 Å². The van der Waals surface area contributed by atoms with Gasteiger partial charge in [-0.15, -0.1) is 0 Å². The van der Waals surface area contributed by atoms with Gasteiger partial charge in [-0.2, -0.15) is 0 Å². The number of methoxy groups -OCH3 is 1. The number of aliphatic hydroxyl groups excluding tert-OH is 1. The predicted octanol–water partition coefficient (Wildman–Crippen LogP) is 5.77. The average molecular weight is 472 g/mol. The maximum absolute atomic E-state index is 13.4. The summed E-state index contributed by atoms with van der Waals surface area (Å²) in [6.45, 7) is 7.71. The van der Waals surface area contributed by atoms with Crippen LogP contribution in [0.4, 0.5) is 5.69 Å². The van der Waals surface area contributed by atoms with E-state index in [1.54, 1.807) is 31.4 Å². The highest BCUT2D eigenvalue weighted by atomic mass is 16.5. The van der Waals surface area contributed by atoms with Crippen molar-refractivity contribution in [1.29, 1.82) is 0 Å². The van der Waals surface area contributed by atoms with E-state index < -0.39 is 17.7 Å². The number of ether oxygens (including phenoxy) is 1. The van der Waals surface area contributed by atoms with Gasteiger partial charge in [0.2, 0.25) is 0 Å². The first-order valence-corrected chi connectivity index (χ1v) is 11.5. The largest absolute Gasteiger partial charge is 0.508 e. The highest BCUT2D eigenvalue weighted by Crippen LogP contribution is 2.44. The molecule has 2 N–H and O–H groups in total. The van der Waals surface area contributed by atoms with Crippen LogP contribution in [0.25, 0.3) is 5.76 Å². The van der Waals surface area contributed by atoms with Gasteiger partial charge in [0, 0.05) is 11.3 Å². The van der Waals surface area contributed by atoms with Crippen molar-refractivity contribution in [3.63, 3.8) is 0 Å². The number of phenolic OH excluding ortho intramolecular Hbond substituents is 1. The number of para-hydroxylation sites is 1. The van der Waals surface area contributed by atoms with Crippen molar-refractivity contribution in [3.8, 4) is 11.5 Å². The van der Waals surface area contributed by atoms with Crippen LogP contribution in [-0.4, -0.2) is 29.0 Å². The van der Waals surface area contributed by atoms with E-state index in [2.05, 4.69) is 0 Å². The molecule has 180 valence electrons. The Bertz CT molecular complexity index is 1350. The third-order valence-corrected chi connectivity index (χ3v) is 6.46. The van der Waals surface area contributed by atoms with Crippen LogP contribution in [0.2, 0.25) is 0 Å². The molecule has 3 aromatic rings. The first-order chi connectivity index (χ1) is 16.6. The minimum absolute atomic E-state index is 0.000549. The van der Waals surface area contributed by atoms with Crippen molar-refractivity contribution in [2.75, 3.05) is 12.0 Å². The summed E-state index contributed by atoms with van der Waals surface area (Å²) >= 11 is 0. The zero-order chi connectivity index (χ0) is 25.4. The van der Waals surface area contributed by atoms with Gasteiger partial charge in [-0.3, -0.25) is 14.5 Å². The zero-order valence-corrected chi connectivity index (χ0v) is 20.5. The Morgan fingerprint density at radius 3 is 2.31 bits per heavy atom. The number of amides is 1. The monoisotopic (exact) mass is 471 g/mol. The van der Waals surface area contributed by atoms with Crippen LogP contribution in [0.1, 0.15) is 53.6 Å². The molecule has 1 heterocycles. The maximum atomic E-state index is 13.4. The molecule has 35 heavy (non-hydrogen) atoms. The summed E-state index contributed by atoms with van der Waals surface area (Å²) in [5.74, 6) is -0.965. The van der Waals surface area contributed by atoms with Crippen LogP contribution in [-0.2, 0) is 9.59 Å². The molecule has 6 nitrogen and oxygen atoms in total. The van der Waals surface area contributed by atoms with Crippen molar-refractivity contribution >= 4 is 23.1 Å². The lowest BCUT2D eigenvalue weighted by molar-refractivity contribution is -0.132. The molecule has 4 rings (SSSR count). The fourth-order valence-corrected chi connectivity index (χ4v) is 4.65. The number of rotatable bonds is 5. The van der Waals surface area contributed by atoms with E-state index in [-0.39, 0.29) is 23.0 Å². The van der Waals surface area contributed by atoms with E-state index in [4.69, 9.17) is 4.74 Å². The van der Waals surface area contributed by atoms with E-state index in [0.717, 1.165) is 11.1 Å². The molecular formula is C29H29NO5. The second-order valence-electron chi connectivity index (χ2n) is 9.11. The molecule has 1 fully saturated rings. The molecule has 0 aliphatic carbocycles. The van der Waals surface area contributed by atoms with E-state index in [0.29, 0.717) is 28.1 Å². The van der Waals surface area contributed by atoms with Gasteiger partial charge in [0.25, 0.3) is 11.7 Å². The summed E-state index contributed by atoms with van der Waals surface area (Å²) in [6, 6.07) is 16.4.